The van der Waals surface area contributed by atoms with Crippen LogP contribution >= 0.6 is 0 Å². The van der Waals surface area contributed by atoms with Gasteiger partial charge in [-0.1, -0.05) is 18.2 Å². The summed E-state index contributed by atoms with van der Waals surface area (Å²) in [5.41, 5.74) is 4.70. The Morgan fingerprint density at radius 2 is 2.06 bits per heavy atom. The maximum atomic E-state index is 12.8. The molecule has 2 heterocycles. The number of aromatic nitrogens is 2. The summed E-state index contributed by atoms with van der Waals surface area (Å²) in [7, 11) is 0. The molecule has 2 aliphatic rings. The number of imidazole rings is 1. The second-order valence-corrected chi connectivity index (χ2v) is 9.46. The van der Waals surface area contributed by atoms with Gasteiger partial charge in [0.05, 0.1) is 12.4 Å². The molecule has 7 nitrogen and oxygen atoms in total. The summed E-state index contributed by atoms with van der Waals surface area (Å²) in [6, 6.07) is 14.3. The van der Waals surface area contributed by atoms with E-state index in [0.29, 0.717) is 12.2 Å². The van der Waals surface area contributed by atoms with Crippen molar-refractivity contribution in [2.45, 2.75) is 57.3 Å². The van der Waals surface area contributed by atoms with Gasteiger partial charge in [-0.3, -0.25) is 4.79 Å². The highest BCUT2D eigenvalue weighted by molar-refractivity contribution is 5.94. The van der Waals surface area contributed by atoms with Crippen LogP contribution in [0.3, 0.4) is 0 Å². The number of carbonyl (C=O) groups is 1. The molecule has 2 N–H and O–H groups in total. The molecule has 184 valence electrons. The van der Waals surface area contributed by atoms with Gasteiger partial charge in [-0.05, 0) is 73.1 Å². The molecule has 35 heavy (non-hydrogen) atoms. The number of aryl methyl sites for hydroxylation is 1. The van der Waals surface area contributed by atoms with Gasteiger partial charge in [-0.15, -0.1) is 0 Å². The number of fused-ring (bicyclic) bond motifs is 1. The van der Waals surface area contributed by atoms with E-state index < -0.39 is 0 Å². The molecule has 0 radical (unpaired) electrons. The minimum absolute atomic E-state index is 0.0251. The van der Waals surface area contributed by atoms with Gasteiger partial charge in [0.15, 0.2) is 0 Å². The van der Waals surface area contributed by atoms with Crippen molar-refractivity contribution >= 4 is 5.91 Å². The van der Waals surface area contributed by atoms with E-state index in [0.717, 1.165) is 64.1 Å². The molecular formula is C28H34N4O3. The number of amides is 1. The molecule has 0 saturated carbocycles. The molecule has 1 amide bonds. The molecule has 0 unspecified atom stereocenters. The Morgan fingerprint density at radius 1 is 1.14 bits per heavy atom. The van der Waals surface area contributed by atoms with E-state index in [-0.39, 0.29) is 18.1 Å². The predicted molar refractivity (Wildman–Crippen MR) is 135 cm³/mol. The first-order valence-corrected chi connectivity index (χ1v) is 12.7. The molecule has 2 aromatic carbocycles. The Bertz CT molecular complexity index is 1090. The number of benzene rings is 2. The highest BCUT2D eigenvalue weighted by Crippen LogP contribution is 2.23. The lowest BCUT2D eigenvalue weighted by Gasteiger charge is -2.26. The molecule has 0 bridgehead atoms. The number of nitrogens with zero attached hydrogens (tertiary/aromatic N) is 2. The SMILES string of the molecule is O=C(N[C@H]1CCc2cc(CNCCn3ccnc3)ccc2C1)c1ccc(OC[C@@H]2CCCO2)cc1. The molecule has 1 aromatic heterocycles. The van der Waals surface area contributed by atoms with E-state index in [1.807, 2.05) is 36.8 Å². The molecule has 1 saturated heterocycles. The normalized spacial score (nSPS) is 19.3. The number of ether oxygens (including phenoxy) is 2. The van der Waals surface area contributed by atoms with Crippen LogP contribution < -0.4 is 15.4 Å². The van der Waals surface area contributed by atoms with E-state index in [9.17, 15) is 4.79 Å². The quantitative estimate of drug-likeness (QED) is 0.440. The van der Waals surface area contributed by atoms with Crippen LogP contribution in [0.4, 0.5) is 0 Å². The fourth-order valence-electron chi connectivity index (χ4n) is 4.84. The smallest absolute Gasteiger partial charge is 0.251 e. The van der Waals surface area contributed by atoms with Gasteiger partial charge in [-0.2, -0.15) is 0 Å². The largest absolute Gasteiger partial charge is 0.491 e. The molecule has 0 spiro atoms. The summed E-state index contributed by atoms with van der Waals surface area (Å²) in [5, 5.41) is 6.73. The number of rotatable bonds is 10. The fourth-order valence-corrected chi connectivity index (χ4v) is 4.84. The topological polar surface area (TPSA) is 77.4 Å². The number of carbonyl (C=O) groups excluding carboxylic acids is 1. The first-order chi connectivity index (χ1) is 17.2. The van der Waals surface area contributed by atoms with Crippen molar-refractivity contribution in [3.8, 4) is 5.75 Å². The van der Waals surface area contributed by atoms with Crippen LogP contribution in [0, 0.1) is 0 Å². The minimum Gasteiger partial charge on any atom is -0.491 e. The third-order valence-corrected chi connectivity index (χ3v) is 6.85. The molecule has 2 atom stereocenters. The van der Waals surface area contributed by atoms with Crippen molar-refractivity contribution in [2.75, 3.05) is 19.8 Å². The Hall–Kier alpha value is -3.16. The number of nitrogens with one attached hydrogen (secondary N) is 2. The Balaban J connectivity index is 1.07. The minimum atomic E-state index is -0.0251. The first kappa shape index (κ1) is 23.6. The molecule has 1 fully saturated rings. The van der Waals surface area contributed by atoms with E-state index >= 15 is 0 Å². The summed E-state index contributed by atoms with van der Waals surface area (Å²) in [5.74, 6) is 0.749. The van der Waals surface area contributed by atoms with Crippen LogP contribution in [-0.2, 0) is 30.7 Å². The second kappa shape index (κ2) is 11.5. The molecule has 5 rings (SSSR count). The van der Waals surface area contributed by atoms with Crippen LogP contribution in [0.1, 0.15) is 46.3 Å². The van der Waals surface area contributed by atoms with E-state index in [2.05, 4.69) is 38.4 Å². The zero-order valence-electron chi connectivity index (χ0n) is 20.1. The van der Waals surface area contributed by atoms with Gasteiger partial charge in [-0.25, -0.2) is 4.98 Å². The summed E-state index contributed by atoms with van der Waals surface area (Å²) >= 11 is 0. The zero-order valence-corrected chi connectivity index (χ0v) is 20.1. The lowest BCUT2D eigenvalue weighted by molar-refractivity contribution is 0.0679. The van der Waals surface area contributed by atoms with Crippen molar-refractivity contribution < 1.29 is 14.3 Å². The van der Waals surface area contributed by atoms with Gasteiger partial charge in [0, 0.05) is 50.2 Å². The summed E-state index contributed by atoms with van der Waals surface area (Å²) < 4.78 is 13.5. The standard InChI is InChI=1S/C28H34N4O3/c33-28(22-6-9-26(10-7-22)35-19-27-2-1-15-34-27)31-25-8-5-23-16-21(3-4-24(23)17-25)18-29-11-13-32-14-12-30-20-32/h3-4,6-7,9-10,12,14,16,20,25,27,29H,1-2,5,8,11,13,15,17-19H2,(H,31,33)/t25-,27-/m0/s1. The van der Waals surface area contributed by atoms with Crippen LogP contribution in [-0.4, -0.2) is 47.4 Å². The average Bonchev–Trinajstić information content (AvgIpc) is 3.60. The first-order valence-electron chi connectivity index (χ1n) is 12.7. The van der Waals surface area contributed by atoms with Gasteiger partial charge >= 0.3 is 0 Å². The van der Waals surface area contributed by atoms with Crippen LogP contribution in [0.15, 0.2) is 61.2 Å². The van der Waals surface area contributed by atoms with E-state index in [1.54, 1.807) is 6.20 Å². The second-order valence-electron chi connectivity index (χ2n) is 9.46. The maximum Gasteiger partial charge on any atom is 0.251 e. The average molecular weight is 475 g/mol. The van der Waals surface area contributed by atoms with Crippen molar-refractivity contribution in [1.29, 1.82) is 0 Å². The van der Waals surface area contributed by atoms with Gasteiger partial charge < -0.3 is 24.7 Å². The Morgan fingerprint density at radius 3 is 2.86 bits per heavy atom. The molecule has 1 aliphatic carbocycles. The number of hydrogen-bond donors (Lipinski definition) is 2. The lowest BCUT2D eigenvalue weighted by Crippen LogP contribution is -2.38. The maximum absolute atomic E-state index is 12.8. The third-order valence-electron chi connectivity index (χ3n) is 6.85. The van der Waals surface area contributed by atoms with E-state index in [4.69, 9.17) is 9.47 Å². The highest BCUT2D eigenvalue weighted by Gasteiger charge is 2.21. The number of hydrogen-bond acceptors (Lipinski definition) is 5. The van der Waals surface area contributed by atoms with E-state index in [1.165, 1.54) is 16.7 Å². The lowest BCUT2D eigenvalue weighted by atomic mass is 9.87. The molecule has 7 heteroatoms. The van der Waals surface area contributed by atoms with Crippen molar-refractivity contribution in [3.05, 3.63) is 83.4 Å². The third kappa shape index (κ3) is 6.50. The van der Waals surface area contributed by atoms with Crippen molar-refractivity contribution in [2.24, 2.45) is 0 Å². The summed E-state index contributed by atoms with van der Waals surface area (Å²) in [6.07, 6.45) is 10.8. The Kier molecular flexibility index (Phi) is 7.75. The van der Waals surface area contributed by atoms with Crippen LogP contribution in [0.2, 0.25) is 0 Å². The van der Waals surface area contributed by atoms with Gasteiger partial charge in [0.2, 0.25) is 0 Å². The van der Waals surface area contributed by atoms with Gasteiger partial charge in [0.25, 0.3) is 5.91 Å². The van der Waals surface area contributed by atoms with Crippen LogP contribution in [0.5, 0.6) is 5.75 Å². The van der Waals surface area contributed by atoms with Gasteiger partial charge in [0.1, 0.15) is 12.4 Å². The fraction of sp³-hybridized carbons (Fsp3) is 0.429. The predicted octanol–water partition coefficient (Wildman–Crippen LogP) is 3.52. The van der Waals surface area contributed by atoms with Crippen LogP contribution in [0.25, 0.3) is 0 Å². The Labute approximate surface area is 206 Å². The van der Waals surface area contributed by atoms with Crippen molar-refractivity contribution in [1.82, 2.24) is 20.2 Å². The zero-order chi connectivity index (χ0) is 23.9. The summed E-state index contributed by atoms with van der Waals surface area (Å²) in [4.78, 5) is 16.9. The molecular weight excluding hydrogens is 440 g/mol. The van der Waals surface area contributed by atoms with Crippen molar-refractivity contribution in [3.63, 3.8) is 0 Å². The molecule has 3 aromatic rings. The highest BCUT2D eigenvalue weighted by atomic mass is 16.5. The monoisotopic (exact) mass is 474 g/mol. The summed E-state index contributed by atoms with van der Waals surface area (Å²) in [6.45, 7) is 4.07. The molecule has 1 aliphatic heterocycles.